The molecule has 0 aromatic heterocycles. The summed E-state index contributed by atoms with van der Waals surface area (Å²) in [5, 5.41) is 0. The molecule has 1 rings (SSSR count). The van der Waals surface area contributed by atoms with Gasteiger partial charge in [0.1, 0.15) is 0 Å². The quantitative estimate of drug-likeness (QED) is 0.790. The Bertz CT molecular complexity index is 381. The molecule has 0 spiro atoms. The second-order valence-corrected chi connectivity index (χ2v) is 3.25. The molecule has 0 fully saturated rings. The number of nitrogens with two attached hydrogens (primary N) is 1. The standard InChI is InChI=1S/C11H14FNO3/c1-15-9-5-3-4-7(11(9)12)8(13)6-10(14)16-2/h3-5,8H,6,13H2,1-2H3/t8-/m0/s1. The molecule has 5 heteroatoms. The second kappa shape index (κ2) is 5.46. The van der Waals surface area contributed by atoms with E-state index in [-0.39, 0.29) is 17.7 Å². The van der Waals surface area contributed by atoms with E-state index in [9.17, 15) is 9.18 Å². The van der Waals surface area contributed by atoms with Gasteiger partial charge in [-0.1, -0.05) is 12.1 Å². The third kappa shape index (κ3) is 2.70. The van der Waals surface area contributed by atoms with Crippen LogP contribution in [0.5, 0.6) is 5.75 Å². The Kier molecular flexibility index (Phi) is 4.25. The molecule has 0 amide bonds. The lowest BCUT2D eigenvalue weighted by Gasteiger charge is -2.13. The van der Waals surface area contributed by atoms with Crippen molar-refractivity contribution in [3.8, 4) is 5.75 Å². The maximum Gasteiger partial charge on any atom is 0.307 e. The van der Waals surface area contributed by atoms with E-state index in [2.05, 4.69) is 4.74 Å². The van der Waals surface area contributed by atoms with Gasteiger partial charge in [0.05, 0.1) is 20.6 Å². The van der Waals surface area contributed by atoms with E-state index in [1.807, 2.05) is 0 Å². The average Bonchev–Trinajstić information content (AvgIpc) is 2.29. The van der Waals surface area contributed by atoms with Crippen molar-refractivity contribution in [3.63, 3.8) is 0 Å². The van der Waals surface area contributed by atoms with Gasteiger partial charge in [-0.25, -0.2) is 4.39 Å². The predicted octanol–water partition coefficient (Wildman–Crippen LogP) is 1.40. The van der Waals surface area contributed by atoms with Crippen molar-refractivity contribution in [2.45, 2.75) is 12.5 Å². The van der Waals surface area contributed by atoms with Crippen molar-refractivity contribution in [2.24, 2.45) is 5.73 Å². The topological polar surface area (TPSA) is 61.5 Å². The van der Waals surface area contributed by atoms with Gasteiger partial charge < -0.3 is 15.2 Å². The van der Waals surface area contributed by atoms with E-state index in [0.29, 0.717) is 0 Å². The minimum absolute atomic E-state index is 0.0689. The number of halogens is 1. The van der Waals surface area contributed by atoms with Gasteiger partial charge in [-0.15, -0.1) is 0 Å². The lowest BCUT2D eigenvalue weighted by molar-refractivity contribution is -0.141. The highest BCUT2D eigenvalue weighted by molar-refractivity contribution is 5.70. The largest absolute Gasteiger partial charge is 0.494 e. The first-order valence-electron chi connectivity index (χ1n) is 4.75. The van der Waals surface area contributed by atoms with Crippen molar-refractivity contribution in [2.75, 3.05) is 14.2 Å². The normalized spacial score (nSPS) is 12.0. The molecule has 1 aromatic carbocycles. The van der Waals surface area contributed by atoms with Gasteiger partial charge in [0.2, 0.25) is 0 Å². The Balaban J connectivity index is 2.91. The lowest BCUT2D eigenvalue weighted by atomic mass is 10.0. The van der Waals surface area contributed by atoms with Gasteiger partial charge in [-0.2, -0.15) is 0 Å². The van der Waals surface area contributed by atoms with E-state index < -0.39 is 17.8 Å². The van der Waals surface area contributed by atoms with Crippen LogP contribution in [-0.2, 0) is 9.53 Å². The maximum atomic E-state index is 13.7. The number of hydrogen-bond donors (Lipinski definition) is 1. The summed E-state index contributed by atoms with van der Waals surface area (Å²) in [4.78, 5) is 11.0. The zero-order chi connectivity index (χ0) is 12.1. The van der Waals surface area contributed by atoms with Gasteiger partial charge in [0.25, 0.3) is 0 Å². The zero-order valence-electron chi connectivity index (χ0n) is 9.20. The number of ether oxygens (including phenoxy) is 2. The number of rotatable bonds is 4. The van der Waals surface area contributed by atoms with Crippen LogP contribution in [0.25, 0.3) is 0 Å². The lowest BCUT2D eigenvalue weighted by Crippen LogP contribution is -2.17. The number of esters is 1. The number of carbonyl (C=O) groups is 1. The minimum Gasteiger partial charge on any atom is -0.494 e. The van der Waals surface area contributed by atoms with E-state index in [1.54, 1.807) is 6.07 Å². The van der Waals surface area contributed by atoms with E-state index in [0.717, 1.165) is 0 Å². The molecule has 88 valence electrons. The van der Waals surface area contributed by atoms with Crippen LogP contribution in [0.1, 0.15) is 18.0 Å². The first-order chi connectivity index (χ1) is 7.60. The molecule has 1 atom stereocenters. The van der Waals surface area contributed by atoms with Crippen molar-refractivity contribution < 1.29 is 18.7 Å². The van der Waals surface area contributed by atoms with Crippen LogP contribution in [0.3, 0.4) is 0 Å². The second-order valence-electron chi connectivity index (χ2n) is 3.25. The third-order valence-electron chi connectivity index (χ3n) is 2.23. The Morgan fingerprint density at radius 1 is 1.50 bits per heavy atom. The minimum atomic E-state index is -0.734. The summed E-state index contributed by atoms with van der Waals surface area (Å²) in [5.41, 5.74) is 5.94. The molecule has 1 aromatic rings. The van der Waals surface area contributed by atoms with Crippen molar-refractivity contribution in [1.82, 2.24) is 0 Å². The van der Waals surface area contributed by atoms with Crippen molar-refractivity contribution in [3.05, 3.63) is 29.6 Å². The van der Waals surface area contributed by atoms with Crippen LogP contribution in [0, 0.1) is 5.82 Å². The van der Waals surface area contributed by atoms with Crippen molar-refractivity contribution in [1.29, 1.82) is 0 Å². The van der Waals surface area contributed by atoms with Crippen LogP contribution in [0.4, 0.5) is 4.39 Å². The Labute approximate surface area is 93.2 Å². The molecule has 16 heavy (non-hydrogen) atoms. The molecule has 0 saturated heterocycles. The summed E-state index contributed by atoms with van der Waals surface area (Å²) >= 11 is 0. The molecule has 0 saturated carbocycles. The van der Waals surface area contributed by atoms with E-state index in [4.69, 9.17) is 10.5 Å². The van der Waals surface area contributed by atoms with Crippen LogP contribution < -0.4 is 10.5 Å². The molecule has 0 aliphatic carbocycles. The zero-order valence-corrected chi connectivity index (χ0v) is 9.20. The molecule has 0 aliphatic rings. The van der Waals surface area contributed by atoms with Crippen LogP contribution in [0.2, 0.25) is 0 Å². The first-order valence-corrected chi connectivity index (χ1v) is 4.75. The highest BCUT2D eigenvalue weighted by Crippen LogP contribution is 2.25. The number of benzene rings is 1. The third-order valence-corrected chi connectivity index (χ3v) is 2.23. The number of methoxy groups -OCH3 is 2. The summed E-state index contributed by atoms with van der Waals surface area (Å²) in [6.45, 7) is 0. The van der Waals surface area contributed by atoms with Crippen LogP contribution >= 0.6 is 0 Å². The summed E-state index contributed by atoms with van der Waals surface area (Å²) < 4.78 is 23.0. The van der Waals surface area contributed by atoms with Gasteiger partial charge >= 0.3 is 5.97 Å². The summed E-state index contributed by atoms with van der Waals surface area (Å²) in [6.07, 6.45) is -0.0689. The van der Waals surface area contributed by atoms with Gasteiger partial charge in [-0.3, -0.25) is 4.79 Å². The molecule has 0 heterocycles. The molecular weight excluding hydrogens is 213 g/mol. The molecule has 4 nitrogen and oxygen atoms in total. The van der Waals surface area contributed by atoms with E-state index in [1.165, 1.54) is 26.4 Å². The average molecular weight is 227 g/mol. The fourth-order valence-corrected chi connectivity index (χ4v) is 1.34. The van der Waals surface area contributed by atoms with Crippen LogP contribution in [0.15, 0.2) is 18.2 Å². The van der Waals surface area contributed by atoms with Gasteiger partial charge in [-0.05, 0) is 6.07 Å². The monoisotopic (exact) mass is 227 g/mol. The Morgan fingerprint density at radius 3 is 2.75 bits per heavy atom. The molecule has 0 aliphatic heterocycles. The molecule has 0 radical (unpaired) electrons. The Hall–Kier alpha value is -1.62. The van der Waals surface area contributed by atoms with Gasteiger partial charge in [0, 0.05) is 11.6 Å². The number of carbonyl (C=O) groups excluding carboxylic acids is 1. The number of hydrogen-bond acceptors (Lipinski definition) is 4. The predicted molar refractivity (Wildman–Crippen MR) is 56.5 cm³/mol. The molecule has 0 unspecified atom stereocenters. The van der Waals surface area contributed by atoms with Crippen molar-refractivity contribution >= 4 is 5.97 Å². The SMILES string of the molecule is COC(=O)C[C@H](N)c1cccc(OC)c1F. The van der Waals surface area contributed by atoms with E-state index >= 15 is 0 Å². The summed E-state index contributed by atoms with van der Waals surface area (Å²) in [6, 6.07) is 3.89. The molecule has 0 bridgehead atoms. The van der Waals surface area contributed by atoms with Gasteiger partial charge in [0.15, 0.2) is 11.6 Å². The smallest absolute Gasteiger partial charge is 0.307 e. The Morgan fingerprint density at radius 2 is 2.19 bits per heavy atom. The van der Waals surface area contributed by atoms with Crippen LogP contribution in [-0.4, -0.2) is 20.2 Å². The fraction of sp³-hybridized carbons (Fsp3) is 0.364. The summed E-state index contributed by atoms with van der Waals surface area (Å²) in [5.74, 6) is -0.908. The molecule has 2 N–H and O–H groups in total. The highest BCUT2D eigenvalue weighted by Gasteiger charge is 2.18. The first kappa shape index (κ1) is 12.4. The highest BCUT2D eigenvalue weighted by atomic mass is 19.1. The summed E-state index contributed by atoms with van der Waals surface area (Å²) in [7, 11) is 2.63. The fourth-order valence-electron chi connectivity index (χ4n) is 1.34. The molecular formula is C11H14FNO3. The maximum absolute atomic E-state index is 13.7.